The molecule has 0 unspecified atom stereocenters. The Kier molecular flexibility index (Phi) is 3.41. The Labute approximate surface area is 100 Å². The number of benzene rings is 2. The summed E-state index contributed by atoms with van der Waals surface area (Å²) in [7, 11) is 0. The zero-order valence-corrected chi connectivity index (χ0v) is 9.00. The molecule has 0 aliphatic carbocycles. The Bertz CT molecular complexity index is 608. The number of halogens is 4. The van der Waals surface area contributed by atoms with Crippen molar-refractivity contribution in [2.45, 2.75) is 0 Å². The van der Waals surface area contributed by atoms with Crippen LogP contribution in [0.1, 0.15) is 5.56 Å². The van der Waals surface area contributed by atoms with Gasteiger partial charge >= 0.3 is 0 Å². The zero-order chi connectivity index (χ0) is 13.1. The monoisotopic (exact) mass is 253 g/mol. The normalized spacial score (nSPS) is 11.1. The van der Waals surface area contributed by atoms with Gasteiger partial charge in [0, 0.05) is 17.8 Å². The van der Waals surface area contributed by atoms with Gasteiger partial charge in [-0.05, 0) is 18.2 Å². The average molecular weight is 253 g/mol. The average Bonchev–Trinajstić information content (AvgIpc) is 2.35. The van der Waals surface area contributed by atoms with Gasteiger partial charge in [-0.3, -0.25) is 4.99 Å². The number of aliphatic imine (C=N–C) groups is 1. The topological polar surface area (TPSA) is 12.4 Å². The van der Waals surface area contributed by atoms with E-state index in [-0.39, 0.29) is 11.3 Å². The summed E-state index contributed by atoms with van der Waals surface area (Å²) in [5, 5.41) is 0. The molecule has 1 nitrogen and oxygen atoms in total. The first-order valence-corrected chi connectivity index (χ1v) is 5.01. The van der Waals surface area contributed by atoms with E-state index in [1.807, 2.05) is 0 Å². The highest BCUT2D eigenvalue weighted by Crippen LogP contribution is 2.17. The molecule has 0 amide bonds. The molecule has 0 aliphatic rings. The van der Waals surface area contributed by atoms with E-state index in [4.69, 9.17) is 0 Å². The quantitative estimate of drug-likeness (QED) is 0.566. The molecule has 18 heavy (non-hydrogen) atoms. The molecule has 0 heterocycles. The minimum Gasteiger partial charge on any atom is -0.256 e. The predicted octanol–water partition coefficient (Wildman–Crippen LogP) is 3.99. The van der Waals surface area contributed by atoms with Gasteiger partial charge in [0.25, 0.3) is 0 Å². The molecule has 2 aromatic rings. The van der Waals surface area contributed by atoms with E-state index in [1.54, 1.807) is 0 Å². The van der Waals surface area contributed by atoms with E-state index in [9.17, 15) is 17.6 Å². The lowest BCUT2D eigenvalue weighted by Gasteiger charge is -1.98. The minimum atomic E-state index is -1.05. The van der Waals surface area contributed by atoms with Crippen molar-refractivity contribution in [3.05, 3.63) is 65.2 Å². The van der Waals surface area contributed by atoms with E-state index in [0.717, 1.165) is 24.4 Å². The van der Waals surface area contributed by atoms with Crippen molar-refractivity contribution in [2.75, 3.05) is 0 Å². The maximum absolute atomic E-state index is 13.2. The highest BCUT2D eigenvalue weighted by Gasteiger charge is 2.05. The van der Waals surface area contributed by atoms with Crippen LogP contribution >= 0.6 is 0 Å². The maximum Gasteiger partial charge on any atom is 0.167 e. The summed E-state index contributed by atoms with van der Waals surface area (Å²) < 4.78 is 51.6. The van der Waals surface area contributed by atoms with Crippen LogP contribution in [0.4, 0.5) is 23.2 Å². The molecule has 0 bridgehead atoms. The fraction of sp³-hybridized carbons (Fsp3) is 0. The molecule has 0 saturated carbocycles. The van der Waals surface area contributed by atoms with Gasteiger partial charge in [-0.15, -0.1) is 0 Å². The number of rotatable bonds is 2. The Hall–Kier alpha value is -2.17. The minimum absolute atomic E-state index is 0.0697. The van der Waals surface area contributed by atoms with E-state index < -0.39 is 23.3 Å². The number of hydrogen-bond donors (Lipinski definition) is 0. The lowest BCUT2D eigenvalue weighted by atomic mass is 10.2. The van der Waals surface area contributed by atoms with Crippen LogP contribution in [0.2, 0.25) is 0 Å². The summed E-state index contributed by atoms with van der Waals surface area (Å²) in [6.07, 6.45) is 1.05. The van der Waals surface area contributed by atoms with Gasteiger partial charge < -0.3 is 0 Å². The van der Waals surface area contributed by atoms with Crippen molar-refractivity contribution in [2.24, 2.45) is 4.99 Å². The van der Waals surface area contributed by atoms with Gasteiger partial charge in [-0.1, -0.05) is 12.1 Å². The summed E-state index contributed by atoms with van der Waals surface area (Å²) in [6.45, 7) is 0. The van der Waals surface area contributed by atoms with Crippen LogP contribution in [-0.2, 0) is 0 Å². The fourth-order valence-corrected chi connectivity index (χ4v) is 1.33. The maximum atomic E-state index is 13.2. The second-order valence-corrected chi connectivity index (χ2v) is 3.50. The molecule has 0 aliphatic heterocycles. The van der Waals surface area contributed by atoms with Crippen molar-refractivity contribution in [3.8, 4) is 0 Å². The third-order valence-electron chi connectivity index (χ3n) is 2.24. The standard InChI is InChI=1S/C13H7F4N/c14-10-5-4-9(6-12(10)16)18-7-8-2-1-3-11(15)13(8)17/h1-7H. The molecule has 0 aromatic heterocycles. The molecule has 0 N–H and O–H groups in total. The lowest BCUT2D eigenvalue weighted by molar-refractivity contribution is 0.507. The molecule has 0 atom stereocenters. The van der Waals surface area contributed by atoms with E-state index >= 15 is 0 Å². The zero-order valence-electron chi connectivity index (χ0n) is 9.00. The molecular weight excluding hydrogens is 246 g/mol. The van der Waals surface area contributed by atoms with Gasteiger partial charge in [0.1, 0.15) is 0 Å². The molecule has 2 rings (SSSR count). The lowest BCUT2D eigenvalue weighted by Crippen LogP contribution is -1.91. The van der Waals surface area contributed by atoms with Crippen molar-refractivity contribution >= 4 is 11.9 Å². The van der Waals surface area contributed by atoms with Crippen LogP contribution in [0.5, 0.6) is 0 Å². The summed E-state index contributed by atoms with van der Waals surface area (Å²) in [5.41, 5.74) is 0.0392. The van der Waals surface area contributed by atoms with Gasteiger partial charge in [0.15, 0.2) is 23.3 Å². The van der Waals surface area contributed by atoms with Gasteiger partial charge in [-0.2, -0.15) is 0 Å². The first-order chi connectivity index (χ1) is 8.58. The predicted molar refractivity (Wildman–Crippen MR) is 60.0 cm³/mol. The van der Waals surface area contributed by atoms with Crippen LogP contribution in [0.15, 0.2) is 41.4 Å². The first kappa shape index (κ1) is 12.3. The fourth-order valence-electron chi connectivity index (χ4n) is 1.33. The van der Waals surface area contributed by atoms with Crippen LogP contribution < -0.4 is 0 Å². The van der Waals surface area contributed by atoms with Gasteiger partial charge in [-0.25, -0.2) is 17.6 Å². The van der Waals surface area contributed by atoms with Gasteiger partial charge in [0.05, 0.1) is 5.69 Å². The molecule has 5 heteroatoms. The summed E-state index contributed by atoms with van der Waals surface area (Å²) in [5.74, 6) is -4.08. The summed E-state index contributed by atoms with van der Waals surface area (Å²) in [4.78, 5) is 3.74. The second kappa shape index (κ2) is 5.00. The van der Waals surface area contributed by atoms with Crippen LogP contribution in [0.25, 0.3) is 0 Å². The SMILES string of the molecule is Fc1ccc(N=Cc2cccc(F)c2F)cc1F. The van der Waals surface area contributed by atoms with Crippen LogP contribution in [0.3, 0.4) is 0 Å². The van der Waals surface area contributed by atoms with Crippen molar-refractivity contribution in [1.29, 1.82) is 0 Å². The molecule has 92 valence electrons. The van der Waals surface area contributed by atoms with E-state index in [1.165, 1.54) is 18.2 Å². The molecule has 0 fully saturated rings. The molecule has 2 aromatic carbocycles. The summed E-state index contributed by atoms with van der Waals surface area (Å²) in [6, 6.07) is 6.62. The van der Waals surface area contributed by atoms with E-state index in [0.29, 0.717) is 0 Å². The highest BCUT2D eigenvalue weighted by molar-refractivity contribution is 5.82. The molecule has 0 radical (unpaired) electrons. The molecule has 0 saturated heterocycles. The second-order valence-electron chi connectivity index (χ2n) is 3.50. The smallest absolute Gasteiger partial charge is 0.167 e. The van der Waals surface area contributed by atoms with Crippen LogP contribution in [0, 0.1) is 23.3 Å². The third-order valence-corrected chi connectivity index (χ3v) is 2.24. The molecular formula is C13H7F4N. The van der Waals surface area contributed by atoms with Crippen molar-refractivity contribution in [3.63, 3.8) is 0 Å². The first-order valence-electron chi connectivity index (χ1n) is 5.01. The van der Waals surface area contributed by atoms with Gasteiger partial charge in [0.2, 0.25) is 0 Å². The van der Waals surface area contributed by atoms with Crippen molar-refractivity contribution < 1.29 is 17.6 Å². The third kappa shape index (κ3) is 2.56. The number of nitrogens with zero attached hydrogens (tertiary/aromatic N) is 1. The Morgan fingerprint density at radius 1 is 0.833 bits per heavy atom. The largest absolute Gasteiger partial charge is 0.256 e. The van der Waals surface area contributed by atoms with Crippen molar-refractivity contribution in [1.82, 2.24) is 0 Å². The highest BCUT2D eigenvalue weighted by atomic mass is 19.2. The van der Waals surface area contributed by atoms with E-state index in [2.05, 4.69) is 4.99 Å². The number of hydrogen-bond acceptors (Lipinski definition) is 1. The molecule has 0 spiro atoms. The summed E-state index contributed by atoms with van der Waals surface area (Å²) >= 11 is 0. The van der Waals surface area contributed by atoms with Crippen LogP contribution in [-0.4, -0.2) is 6.21 Å². The Morgan fingerprint density at radius 3 is 2.33 bits per heavy atom. The Morgan fingerprint density at radius 2 is 1.61 bits per heavy atom. The Balaban J connectivity index is 2.30.